The summed E-state index contributed by atoms with van der Waals surface area (Å²) in [5.74, 6) is 0. The van der Waals surface area contributed by atoms with Crippen molar-refractivity contribution in [2.24, 2.45) is 0 Å². The van der Waals surface area contributed by atoms with E-state index >= 15 is 0 Å². The molecule has 0 radical (unpaired) electrons. The average Bonchev–Trinajstić information content (AvgIpc) is 2.27. The molecule has 0 bridgehead atoms. The summed E-state index contributed by atoms with van der Waals surface area (Å²) in [6.07, 6.45) is -5.87. The number of nitrogens with one attached hydrogen (secondary N) is 1. The van der Waals surface area contributed by atoms with Crippen LogP contribution < -0.4 is 5.32 Å². The van der Waals surface area contributed by atoms with Crippen LogP contribution in [-0.2, 0) is 10.9 Å². The Morgan fingerprint density at radius 3 is 2.61 bits per heavy atom. The number of para-hydroxylation sites is 1. The summed E-state index contributed by atoms with van der Waals surface area (Å²) in [5.41, 5.74) is -1.23. The summed E-state index contributed by atoms with van der Waals surface area (Å²) in [6.45, 7) is 1.62. The minimum Gasteiger partial charge on any atom is -0.445 e. The standard InChI is InChI=1S/C11H11BrF3NO2/c1-7(6-12)18-10(17)16-9-5-3-2-4-8(9)11(13,14)15/h2-5,7H,6H2,1H3,(H,16,17). The number of carbonyl (C=O) groups is 1. The van der Waals surface area contributed by atoms with Crippen LogP contribution in [-0.4, -0.2) is 17.5 Å². The maximum Gasteiger partial charge on any atom is 0.418 e. The number of benzene rings is 1. The molecule has 1 rings (SSSR count). The van der Waals surface area contributed by atoms with Crippen LogP contribution in [0.5, 0.6) is 0 Å². The molecule has 0 aliphatic heterocycles. The first kappa shape index (κ1) is 14.8. The van der Waals surface area contributed by atoms with Crippen LogP contribution in [0.15, 0.2) is 24.3 Å². The molecule has 1 atom stereocenters. The van der Waals surface area contributed by atoms with Crippen molar-refractivity contribution < 1.29 is 22.7 Å². The van der Waals surface area contributed by atoms with Crippen molar-refractivity contribution in [1.82, 2.24) is 0 Å². The Balaban J connectivity index is 2.82. The molecule has 1 aromatic carbocycles. The highest BCUT2D eigenvalue weighted by Gasteiger charge is 2.33. The largest absolute Gasteiger partial charge is 0.445 e. The van der Waals surface area contributed by atoms with E-state index in [0.717, 1.165) is 6.07 Å². The maximum absolute atomic E-state index is 12.6. The van der Waals surface area contributed by atoms with Gasteiger partial charge in [0.1, 0.15) is 6.10 Å². The SMILES string of the molecule is CC(CBr)OC(=O)Nc1ccccc1C(F)(F)F. The maximum atomic E-state index is 12.6. The van der Waals surface area contributed by atoms with E-state index < -0.39 is 23.9 Å². The molecule has 0 aliphatic rings. The molecule has 1 aromatic rings. The van der Waals surface area contributed by atoms with Gasteiger partial charge in [0.15, 0.2) is 0 Å². The molecular formula is C11H11BrF3NO2. The molecule has 1 N–H and O–H groups in total. The van der Waals surface area contributed by atoms with E-state index in [1.165, 1.54) is 18.2 Å². The number of alkyl halides is 4. The van der Waals surface area contributed by atoms with Gasteiger partial charge in [0.2, 0.25) is 0 Å². The van der Waals surface area contributed by atoms with Crippen molar-refractivity contribution in [2.45, 2.75) is 19.2 Å². The predicted molar refractivity (Wildman–Crippen MR) is 64.8 cm³/mol. The third-order valence-electron chi connectivity index (χ3n) is 1.99. The first-order chi connectivity index (χ1) is 8.34. The molecule has 0 aliphatic carbocycles. The van der Waals surface area contributed by atoms with E-state index in [1.54, 1.807) is 6.92 Å². The fourth-order valence-corrected chi connectivity index (χ4v) is 1.33. The molecule has 18 heavy (non-hydrogen) atoms. The Morgan fingerprint density at radius 1 is 1.44 bits per heavy atom. The number of hydrogen-bond acceptors (Lipinski definition) is 2. The summed E-state index contributed by atoms with van der Waals surface area (Å²) >= 11 is 3.09. The van der Waals surface area contributed by atoms with Gasteiger partial charge in [0.25, 0.3) is 0 Å². The zero-order valence-corrected chi connectivity index (χ0v) is 11.0. The number of hydrogen-bond donors (Lipinski definition) is 1. The Labute approximate surface area is 110 Å². The normalized spacial score (nSPS) is 12.9. The monoisotopic (exact) mass is 325 g/mol. The van der Waals surface area contributed by atoms with E-state index in [-0.39, 0.29) is 5.69 Å². The average molecular weight is 326 g/mol. The van der Waals surface area contributed by atoms with Gasteiger partial charge in [-0.05, 0) is 19.1 Å². The quantitative estimate of drug-likeness (QED) is 0.852. The van der Waals surface area contributed by atoms with Crippen molar-refractivity contribution >= 4 is 27.7 Å². The lowest BCUT2D eigenvalue weighted by Gasteiger charge is -2.15. The molecule has 0 aromatic heterocycles. The van der Waals surface area contributed by atoms with Gasteiger partial charge in [-0.2, -0.15) is 13.2 Å². The van der Waals surface area contributed by atoms with E-state index in [0.29, 0.717) is 5.33 Å². The lowest BCUT2D eigenvalue weighted by Crippen LogP contribution is -2.22. The van der Waals surface area contributed by atoms with Gasteiger partial charge in [-0.3, -0.25) is 5.32 Å². The topological polar surface area (TPSA) is 38.3 Å². The number of anilines is 1. The highest BCUT2D eigenvalue weighted by atomic mass is 79.9. The summed E-state index contributed by atoms with van der Waals surface area (Å²) in [6, 6.07) is 4.71. The molecule has 100 valence electrons. The van der Waals surface area contributed by atoms with E-state index in [2.05, 4.69) is 21.2 Å². The van der Waals surface area contributed by atoms with Crippen LogP contribution in [0.2, 0.25) is 0 Å². The third-order valence-corrected chi connectivity index (χ3v) is 2.91. The first-order valence-corrected chi connectivity index (χ1v) is 6.16. The second kappa shape index (κ2) is 6.08. The molecule has 3 nitrogen and oxygen atoms in total. The molecule has 0 saturated carbocycles. The highest BCUT2D eigenvalue weighted by Crippen LogP contribution is 2.34. The molecule has 0 heterocycles. The van der Waals surface area contributed by atoms with Crippen molar-refractivity contribution in [3.05, 3.63) is 29.8 Å². The van der Waals surface area contributed by atoms with Crippen molar-refractivity contribution in [2.75, 3.05) is 10.6 Å². The first-order valence-electron chi connectivity index (χ1n) is 5.04. The molecule has 1 amide bonds. The zero-order chi connectivity index (χ0) is 13.8. The van der Waals surface area contributed by atoms with E-state index in [4.69, 9.17) is 4.74 Å². The third kappa shape index (κ3) is 4.21. The van der Waals surface area contributed by atoms with Gasteiger partial charge in [-0.15, -0.1) is 0 Å². The number of carbonyl (C=O) groups excluding carboxylic acids is 1. The van der Waals surface area contributed by atoms with Crippen molar-refractivity contribution in [3.63, 3.8) is 0 Å². The van der Waals surface area contributed by atoms with E-state index in [1.807, 2.05) is 0 Å². The summed E-state index contributed by atoms with van der Waals surface area (Å²) in [5, 5.41) is 2.48. The van der Waals surface area contributed by atoms with Gasteiger partial charge in [-0.25, -0.2) is 4.79 Å². The Hall–Kier alpha value is -1.24. The van der Waals surface area contributed by atoms with Crippen molar-refractivity contribution in [3.8, 4) is 0 Å². The molecular weight excluding hydrogens is 315 g/mol. The fourth-order valence-electron chi connectivity index (χ4n) is 1.19. The second-order valence-electron chi connectivity index (χ2n) is 3.54. The van der Waals surface area contributed by atoms with Crippen LogP contribution in [0.1, 0.15) is 12.5 Å². The van der Waals surface area contributed by atoms with Crippen LogP contribution in [0.3, 0.4) is 0 Å². The molecule has 1 unspecified atom stereocenters. The van der Waals surface area contributed by atoms with Crippen LogP contribution in [0.25, 0.3) is 0 Å². The van der Waals surface area contributed by atoms with Crippen LogP contribution >= 0.6 is 15.9 Å². The molecule has 0 spiro atoms. The Morgan fingerprint density at radius 2 is 2.06 bits per heavy atom. The fraction of sp³-hybridized carbons (Fsp3) is 0.364. The number of amides is 1. The minimum absolute atomic E-state index is 0.322. The Bertz CT molecular complexity index is 423. The second-order valence-corrected chi connectivity index (χ2v) is 4.19. The Kier molecular flexibility index (Phi) is 5.01. The predicted octanol–water partition coefficient (Wildman–Crippen LogP) is 4.04. The van der Waals surface area contributed by atoms with Gasteiger partial charge < -0.3 is 4.74 Å². The molecule has 7 heteroatoms. The summed E-state index contributed by atoms with van der Waals surface area (Å²) in [7, 11) is 0. The lowest BCUT2D eigenvalue weighted by atomic mass is 10.2. The number of rotatable bonds is 3. The molecule has 0 saturated heterocycles. The summed E-state index contributed by atoms with van der Waals surface area (Å²) < 4.78 is 42.7. The van der Waals surface area contributed by atoms with Gasteiger partial charge >= 0.3 is 12.3 Å². The van der Waals surface area contributed by atoms with Crippen LogP contribution in [0.4, 0.5) is 23.7 Å². The van der Waals surface area contributed by atoms with E-state index in [9.17, 15) is 18.0 Å². The van der Waals surface area contributed by atoms with Gasteiger partial charge in [0, 0.05) is 5.33 Å². The lowest BCUT2D eigenvalue weighted by molar-refractivity contribution is -0.136. The smallest absolute Gasteiger partial charge is 0.418 e. The van der Waals surface area contributed by atoms with Gasteiger partial charge in [-0.1, -0.05) is 28.1 Å². The summed E-state index contributed by atoms with van der Waals surface area (Å²) in [4.78, 5) is 11.3. The number of ether oxygens (including phenoxy) is 1. The minimum atomic E-state index is -4.52. The van der Waals surface area contributed by atoms with Crippen molar-refractivity contribution in [1.29, 1.82) is 0 Å². The molecule has 0 fully saturated rings. The highest BCUT2D eigenvalue weighted by molar-refractivity contribution is 9.09. The van der Waals surface area contributed by atoms with Gasteiger partial charge in [0.05, 0.1) is 11.3 Å². The number of halogens is 4. The zero-order valence-electron chi connectivity index (χ0n) is 9.42. The van der Waals surface area contributed by atoms with Crippen LogP contribution in [0, 0.1) is 0 Å².